The third-order valence-electron chi connectivity index (χ3n) is 2.28. The number of hydrogen-bond acceptors (Lipinski definition) is 5. The van der Waals surface area contributed by atoms with Gasteiger partial charge in [0.1, 0.15) is 6.26 Å². The molecule has 0 saturated carbocycles. The highest BCUT2D eigenvalue weighted by Gasteiger charge is 2.18. The number of rotatable bonds is 5. The molecule has 0 saturated heterocycles. The average molecular weight is 241 g/mol. The number of anilines is 1. The van der Waals surface area contributed by atoms with Gasteiger partial charge in [0.05, 0.1) is 5.92 Å². The summed E-state index contributed by atoms with van der Waals surface area (Å²) >= 11 is 0. The van der Waals surface area contributed by atoms with Crippen molar-refractivity contribution in [1.82, 2.24) is 10.3 Å². The van der Waals surface area contributed by atoms with Crippen LogP contribution in [0.3, 0.4) is 0 Å². The summed E-state index contributed by atoms with van der Waals surface area (Å²) in [5, 5.41) is 11.2. The van der Waals surface area contributed by atoms with Gasteiger partial charge in [-0.15, -0.1) is 0 Å². The predicted octanol–water partition coefficient (Wildman–Crippen LogP) is 0.191. The van der Waals surface area contributed by atoms with E-state index < -0.39 is 5.97 Å². The van der Waals surface area contributed by atoms with E-state index in [2.05, 4.69) is 10.3 Å². The van der Waals surface area contributed by atoms with Gasteiger partial charge in [-0.25, -0.2) is 4.79 Å². The van der Waals surface area contributed by atoms with Crippen LogP contribution in [-0.2, 0) is 4.79 Å². The van der Waals surface area contributed by atoms with Crippen molar-refractivity contribution in [3.05, 3.63) is 12.0 Å². The molecule has 7 heteroatoms. The SMILES string of the molecule is CNC(=O)C(C)CN(C)c1nc(C(=O)O)co1. The fourth-order valence-electron chi connectivity index (χ4n) is 1.36. The zero-order valence-electron chi connectivity index (χ0n) is 9.93. The minimum atomic E-state index is -1.15. The highest BCUT2D eigenvalue weighted by Crippen LogP contribution is 2.13. The second kappa shape index (κ2) is 5.33. The van der Waals surface area contributed by atoms with Gasteiger partial charge in [-0.2, -0.15) is 4.98 Å². The van der Waals surface area contributed by atoms with E-state index in [4.69, 9.17) is 9.52 Å². The largest absolute Gasteiger partial charge is 0.476 e. The summed E-state index contributed by atoms with van der Waals surface area (Å²) < 4.78 is 5.00. The van der Waals surface area contributed by atoms with Crippen LogP contribution in [0.15, 0.2) is 10.7 Å². The average Bonchev–Trinajstić information content (AvgIpc) is 2.77. The summed E-state index contributed by atoms with van der Waals surface area (Å²) in [6.45, 7) is 2.15. The van der Waals surface area contributed by atoms with Gasteiger partial charge in [0, 0.05) is 20.6 Å². The maximum absolute atomic E-state index is 11.3. The topological polar surface area (TPSA) is 95.7 Å². The summed E-state index contributed by atoms with van der Waals surface area (Å²) in [5.74, 6) is -1.49. The molecule has 1 heterocycles. The van der Waals surface area contributed by atoms with Crippen LogP contribution in [0.25, 0.3) is 0 Å². The van der Waals surface area contributed by atoms with Crippen LogP contribution in [0.2, 0.25) is 0 Å². The lowest BCUT2D eigenvalue weighted by Crippen LogP contribution is -2.34. The van der Waals surface area contributed by atoms with E-state index in [1.165, 1.54) is 0 Å². The summed E-state index contributed by atoms with van der Waals surface area (Å²) in [6, 6.07) is 0.179. The van der Waals surface area contributed by atoms with Crippen LogP contribution in [0.5, 0.6) is 0 Å². The number of aromatic nitrogens is 1. The minimum Gasteiger partial charge on any atom is -0.476 e. The third-order valence-corrected chi connectivity index (χ3v) is 2.28. The maximum Gasteiger partial charge on any atom is 0.357 e. The zero-order valence-corrected chi connectivity index (χ0v) is 9.93. The lowest BCUT2D eigenvalue weighted by molar-refractivity contribution is -0.123. The number of carbonyl (C=O) groups is 2. The third kappa shape index (κ3) is 3.20. The molecule has 1 aromatic heterocycles. The van der Waals surface area contributed by atoms with E-state index in [1.807, 2.05) is 0 Å². The van der Waals surface area contributed by atoms with E-state index in [-0.39, 0.29) is 23.5 Å². The molecule has 17 heavy (non-hydrogen) atoms. The normalized spacial score (nSPS) is 11.9. The van der Waals surface area contributed by atoms with Crippen molar-refractivity contribution in [2.45, 2.75) is 6.92 Å². The predicted molar refractivity (Wildman–Crippen MR) is 60.0 cm³/mol. The quantitative estimate of drug-likeness (QED) is 0.764. The van der Waals surface area contributed by atoms with Gasteiger partial charge in [0.2, 0.25) is 5.91 Å². The van der Waals surface area contributed by atoms with Crippen molar-refractivity contribution in [2.24, 2.45) is 5.92 Å². The van der Waals surface area contributed by atoms with Crippen molar-refractivity contribution < 1.29 is 19.1 Å². The van der Waals surface area contributed by atoms with Crippen LogP contribution in [0.1, 0.15) is 17.4 Å². The second-order valence-corrected chi connectivity index (χ2v) is 3.72. The first-order chi connectivity index (χ1) is 7.95. The van der Waals surface area contributed by atoms with Crippen LogP contribution in [-0.4, -0.2) is 42.6 Å². The summed E-state index contributed by atoms with van der Waals surface area (Å²) in [5.41, 5.74) is -0.153. The number of amides is 1. The highest BCUT2D eigenvalue weighted by molar-refractivity contribution is 5.85. The Morgan fingerprint density at radius 2 is 2.29 bits per heavy atom. The smallest absolute Gasteiger partial charge is 0.357 e. The summed E-state index contributed by atoms with van der Waals surface area (Å²) in [6.07, 6.45) is 1.07. The van der Waals surface area contributed by atoms with Gasteiger partial charge >= 0.3 is 5.97 Å². The lowest BCUT2D eigenvalue weighted by Gasteiger charge is -2.18. The van der Waals surface area contributed by atoms with E-state index in [9.17, 15) is 9.59 Å². The molecule has 1 atom stereocenters. The Hall–Kier alpha value is -2.05. The van der Waals surface area contributed by atoms with Crippen molar-refractivity contribution in [3.63, 3.8) is 0 Å². The highest BCUT2D eigenvalue weighted by atomic mass is 16.4. The van der Waals surface area contributed by atoms with E-state index >= 15 is 0 Å². The molecule has 0 bridgehead atoms. The van der Waals surface area contributed by atoms with Crippen molar-refractivity contribution in [3.8, 4) is 0 Å². The van der Waals surface area contributed by atoms with Gasteiger partial charge in [-0.3, -0.25) is 4.79 Å². The van der Waals surface area contributed by atoms with E-state index in [1.54, 1.807) is 25.9 Å². The molecule has 0 aliphatic rings. The number of carboxylic acids is 1. The first-order valence-corrected chi connectivity index (χ1v) is 5.07. The van der Waals surface area contributed by atoms with Gasteiger partial charge in [-0.05, 0) is 0 Å². The number of aromatic carboxylic acids is 1. The molecule has 2 N–H and O–H groups in total. The molecule has 1 rings (SSSR count). The van der Waals surface area contributed by atoms with Crippen LogP contribution < -0.4 is 10.2 Å². The molecule has 94 valence electrons. The molecule has 0 aliphatic carbocycles. The molecule has 1 unspecified atom stereocenters. The molecular weight excluding hydrogens is 226 g/mol. The van der Waals surface area contributed by atoms with Gasteiger partial charge in [-0.1, -0.05) is 6.92 Å². The molecule has 0 spiro atoms. The van der Waals surface area contributed by atoms with Gasteiger partial charge in [0.15, 0.2) is 5.69 Å². The Kier molecular flexibility index (Phi) is 4.08. The molecule has 1 amide bonds. The Labute approximate surface area is 98.4 Å². The fraction of sp³-hybridized carbons (Fsp3) is 0.500. The van der Waals surface area contributed by atoms with Gasteiger partial charge in [0.25, 0.3) is 6.01 Å². The second-order valence-electron chi connectivity index (χ2n) is 3.72. The number of nitrogens with zero attached hydrogens (tertiary/aromatic N) is 2. The molecule has 0 aliphatic heterocycles. The van der Waals surface area contributed by atoms with E-state index in [0.29, 0.717) is 6.54 Å². The Balaban J connectivity index is 2.66. The monoisotopic (exact) mass is 241 g/mol. The first-order valence-electron chi connectivity index (χ1n) is 5.07. The Morgan fingerprint density at radius 3 is 2.76 bits per heavy atom. The van der Waals surface area contributed by atoms with Crippen LogP contribution in [0, 0.1) is 5.92 Å². The molecule has 0 fully saturated rings. The number of nitrogens with one attached hydrogen (secondary N) is 1. The summed E-state index contributed by atoms with van der Waals surface area (Å²) in [7, 11) is 3.24. The van der Waals surface area contributed by atoms with Crippen LogP contribution in [0.4, 0.5) is 6.01 Å². The fourth-order valence-corrected chi connectivity index (χ4v) is 1.36. The maximum atomic E-state index is 11.3. The van der Waals surface area contributed by atoms with E-state index in [0.717, 1.165) is 6.26 Å². The van der Waals surface area contributed by atoms with Crippen molar-refractivity contribution in [2.75, 3.05) is 25.5 Å². The number of hydrogen-bond donors (Lipinski definition) is 2. The van der Waals surface area contributed by atoms with Crippen molar-refractivity contribution in [1.29, 1.82) is 0 Å². The van der Waals surface area contributed by atoms with Gasteiger partial charge < -0.3 is 19.7 Å². The van der Waals surface area contributed by atoms with Crippen LogP contribution >= 0.6 is 0 Å². The standard InChI is InChI=1S/C10H15N3O4/c1-6(8(14)11-2)4-13(3)10-12-7(5-17-10)9(15)16/h5-6H,4H2,1-3H3,(H,11,14)(H,15,16). The molecule has 0 aromatic carbocycles. The minimum absolute atomic E-state index is 0.0955. The number of carboxylic acid groups (broad SMARTS) is 1. The molecule has 7 nitrogen and oxygen atoms in total. The molecular formula is C10H15N3O4. The van der Waals surface area contributed by atoms with Crippen molar-refractivity contribution >= 4 is 17.9 Å². The summed E-state index contributed by atoms with van der Waals surface area (Å²) in [4.78, 5) is 27.3. The molecule has 0 radical (unpaired) electrons. The lowest BCUT2D eigenvalue weighted by atomic mass is 10.1. The molecule has 1 aromatic rings. The zero-order chi connectivity index (χ0) is 13.0. The Bertz CT molecular complexity index is 415. The Morgan fingerprint density at radius 1 is 1.65 bits per heavy atom. The first kappa shape index (κ1) is 13.0. The number of carbonyl (C=O) groups excluding carboxylic acids is 1. The number of oxazole rings is 1.